The Morgan fingerprint density at radius 2 is 1.88 bits per heavy atom. The summed E-state index contributed by atoms with van der Waals surface area (Å²) in [6.45, 7) is 1.96. The van der Waals surface area contributed by atoms with Crippen LogP contribution < -0.4 is 14.2 Å². The van der Waals surface area contributed by atoms with E-state index in [-0.39, 0.29) is 18.6 Å². The van der Waals surface area contributed by atoms with Gasteiger partial charge in [-0.05, 0) is 36.6 Å². The molecular weight excluding hydrogens is 330 g/mol. The first kappa shape index (κ1) is 16.8. The van der Waals surface area contributed by atoms with Gasteiger partial charge in [0.25, 0.3) is 0 Å². The lowest BCUT2D eigenvalue weighted by atomic mass is 9.87. The van der Waals surface area contributed by atoms with Gasteiger partial charge in [-0.1, -0.05) is 24.3 Å². The Balaban J connectivity index is 1.70. The molecule has 1 saturated heterocycles. The Bertz CT molecular complexity index is 798. The van der Waals surface area contributed by atoms with Crippen LogP contribution >= 0.6 is 0 Å². The summed E-state index contributed by atoms with van der Waals surface area (Å²) < 4.78 is 16.5. The average molecular weight is 353 g/mol. The van der Waals surface area contributed by atoms with E-state index in [1.54, 1.807) is 7.11 Å². The monoisotopic (exact) mass is 353 g/mol. The molecule has 136 valence electrons. The number of carbonyl (C=O) groups is 1. The third-order valence-electron chi connectivity index (χ3n) is 5.15. The molecule has 0 unspecified atom stereocenters. The first-order valence-corrected chi connectivity index (χ1v) is 9.06. The van der Waals surface area contributed by atoms with Gasteiger partial charge in [0.15, 0.2) is 11.5 Å². The lowest BCUT2D eigenvalue weighted by Crippen LogP contribution is -2.29. The van der Waals surface area contributed by atoms with Crippen LogP contribution in [-0.4, -0.2) is 37.8 Å². The molecule has 0 radical (unpaired) electrons. The van der Waals surface area contributed by atoms with E-state index < -0.39 is 0 Å². The lowest BCUT2D eigenvalue weighted by molar-refractivity contribution is -0.130. The molecule has 0 spiro atoms. The van der Waals surface area contributed by atoms with Crippen LogP contribution in [0.1, 0.15) is 36.3 Å². The number of nitrogens with zero attached hydrogens (tertiary/aromatic N) is 1. The van der Waals surface area contributed by atoms with Gasteiger partial charge in [-0.15, -0.1) is 0 Å². The number of benzene rings is 2. The largest absolute Gasteiger partial charge is 0.496 e. The SMILES string of the molecule is COc1ccccc1[C@H](CC(=O)N1CCCC1)c1ccc2c(c1)OCO2. The molecule has 1 atom stereocenters. The van der Waals surface area contributed by atoms with Crippen molar-refractivity contribution in [1.82, 2.24) is 4.90 Å². The highest BCUT2D eigenvalue weighted by molar-refractivity contribution is 5.78. The molecule has 0 saturated carbocycles. The van der Waals surface area contributed by atoms with Crippen LogP contribution in [-0.2, 0) is 4.79 Å². The van der Waals surface area contributed by atoms with Crippen molar-refractivity contribution in [2.45, 2.75) is 25.2 Å². The van der Waals surface area contributed by atoms with Crippen LogP contribution in [0.5, 0.6) is 17.2 Å². The highest BCUT2D eigenvalue weighted by Gasteiger charge is 2.27. The molecule has 2 aliphatic heterocycles. The van der Waals surface area contributed by atoms with Gasteiger partial charge in [0.2, 0.25) is 12.7 Å². The van der Waals surface area contributed by atoms with E-state index in [1.807, 2.05) is 47.4 Å². The molecule has 2 aromatic rings. The zero-order chi connectivity index (χ0) is 17.9. The fourth-order valence-corrected chi connectivity index (χ4v) is 3.76. The summed E-state index contributed by atoms with van der Waals surface area (Å²) in [6, 6.07) is 13.8. The summed E-state index contributed by atoms with van der Waals surface area (Å²) in [4.78, 5) is 14.8. The van der Waals surface area contributed by atoms with E-state index in [4.69, 9.17) is 14.2 Å². The van der Waals surface area contributed by atoms with Crippen LogP contribution in [0.15, 0.2) is 42.5 Å². The molecular formula is C21H23NO4. The quantitative estimate of drug-likeness (QED) is 0.824. The first-order valence-electron chi connectivity index (χ1n) is 9.06. The first-order chi connectivity index (χ1) is 12.8. The summed E-state index contributed by atoms with van der Waals surface area (Å²) in [5.74, 6) is 2.38. The summed E-state index contributed by atoms with van der Waals surface area (Å²) >= 11 is 0. The number of methoxy groups -OCH3 is 1. The van der Waals surface area contributed by atoms with Crippen LogP contribution in [0.25, 0.3) is 0 Å². The van der Waals surface area contributed by atoms with Crippen molar-refractivity contribution in [2.75, 3.05) is 27.0 Å². The van der Waals surface area contributed by atoms with Gasteiger partial charge >= 0.3 is 0 Å². The van der Waals surface area contributed by atoms with Crippen molar-refractivity contribution in [1.29, 1.82) is 0 Å². The molecule has 2 aromatic carbocycles. The topological polar surface area (TPSA) is 48.0 Å². The number of fused-ring (bicyclic) bond motifs is 1. The maximum atomic E-state index is 12.9. The molecule has 4 rings (SSSR count). The molecule has 5 heteroatoms. The smallest absolute Gasteiger partial charge is 0.231 e. The predicted octanol–water partition coefficient (Wildman–Crippen LogP) is 3.57. The Hall–Kier alpha value is -2.69. The molecule has 2 aliphatic rings. The Kier molecular flexibility index (Phi) is 4.69. The Morgan fingerprint density at radius 1 is 1.12 bits per heavy atom. The highest BCUT2D eigenvalue weighted by Crippen LogP contribution is 2.40. The zero-order valence-electron chi connectivity index (χ0n) is 14.9. The number of ether oxygens (including phenoxy) is 3. The van der Waals surface area contributed by atoms with E-state index in [9.17, 15) is 4.79 Å². The molecule has 2 heterocycles. The molecule has 1 fully saturated rings. The maximum Gasteiger partial charge on any atom is 0.231 e. The van der Waals surface area contributed by atoms with Crippen LogP contribution in [0.3, 0.4) is 0 Å². The standard InChI is InChI=1S/C21H23NO4/c1-24-18-7-3-2-6-16(18)17(13-21(23)22-10-4-5-11-22)15-8-9-19-20(12-15)26-14-25-19/h2-3,6-9,12,17H,4-5,10-11,13-14H2,1H3/t17-/m1/s1. The third-order valence-corrected chi connectivity index (χ3v) is 5.15. The predicted molar refractivity (Wildman–Crippen MR) is 97.8 cm³/mol. The molecule has 0 bridgehead atoms. The van der Waals surface area contributed by atoms with Crippen LogP contribution in [0, 0.1) is 0 Å². The minimum atomic E-state index is -0.0891. The highest BCUT2D eigenvalue weighted by atomic mass is 16.7. The third kappa shape index (κ3) is 3.21. The van der Waals surface area contributed by atoms with Crippen molar-refractivity contribution in [2.24, 2.45) is 0 Å². The van der Waals surface area contributed by atoms with Crippen molar-refractivity contribution in [3.8, 4) is 17.2 Å². The van der Waals surface area contributed by atoms with Gasteiger partial charge < -0.3 is 19.1 Å². The number of amides is 1. The molecule has 1 amide bonds. The normalized spacial score (nSPS) is 16.6. The summed E-state index contributed by atoms with van der Waals surface area (Å²) in [5, 5.41) is 0. The van der Waals surface area contributed by atoms with Gasteiger partial charge in [-0.25, -0.2) is 0 Å². The second-order valence-electron chi connectivity index (χ2n) is 6.70. The number of hydrogen-bond donors (Lipinski definition) is 0. The summed E-state index contributed by atoms with van der Waals surface area (Å²) in [6.07, 6.45) is 2.60. The van der Waals surface area contributed by atoms with Gasteiger partial charge in [0, 0.05) is 31.0 Å². The average Bonchev–Trinajstić information content (AvgIpc) is 3.37. The maximum absolute atomic E-state index is 12.9. The van der Waals surface area contributed by atoms with E-state index in [2.05, 4.69) is 0 Å². The molecule has 0 aliphatic carbocycles. The second kappa shape index (κ2) is 7.28. The Labute approximate surface area is 153 Å². The van der Waals surface area contributed by atoms with Crippen molar-refractivity contribution in [3.63, 3.8) is 0 Å². The lowest BCUT2D eigenvalue weighted by Gasteiger charge is -2.23. The Morgan fingerprint density at radius 3 is 2.69 bits per heavy atom. The van der Waals surface area contributed by atoms with Crippen molar-refractivity contribution in [3.05, 3.63) is 53.6 Å². The summed E-state index contributed by atoms with van der Waals surface area (Å²) in [7, 11) is 1.66. The van der Waals surface area contributed by atoms with Crippen LogP contribution in [0.2, 0.25) is 0 Å². The number of para-hydroxylation sites is 1. The van der Waals surface area contributed by atoms with Crippen molar-refractivity contribution >= 4 is 5.91 Å². The van der Waals surface area contributed by atoms with Gasteiger partial charge in [0.05, 0.1) is 7.11 Å². The molecule has 26 heavy (non-hydrogen) atoms. The zero-order valence-corrected chi connectivity index (χ0v) is 14.9. The molecule has 5 nitrogen and oxygen atoms in total. The van der Waals surface area contributed by atoms with Gasteiger partial charge in [-0.2, -0.15) is 0 Å². The van der Waals surface area contributed by atoms with Gasteiger partial charge in [-0.3, -0.25) is 4.79 Å². The van der Waals surface area contributed by atoms with Crippen LogP contribution in [0.4, 0.5) is 0 Å². The number of rotatable bonds is 5. The van der Waals surface area contributed by atoms with E-state index >= 15 is 0 Å². The minimum absolute atomic E-state index is 0.0891. The summed E-state index contributed by atoms with van der Waals surface area (Å²) in [5.41, 5.74) is 2.05. The fourth-order valence-electron chi connectivity index (χ4n) is 3.76. The molecule has 0 N–H and O–H groups in total. The number of hydrogen-bond acceptors (Lipinski definition) is 4. The van der Waals surface area contributed by atoms with E-state index in [1.165, 1.54) is 0 Å². The second-order valence-corrected chi connectivity index (χ2v) is 6.70. The minimum Gasteiger partial charge on any atom is -0.496 e. The van der Waals surface area contributed by atoms with Crippen molar-refractivity contribution < 1.29 is 19.0 Å². The molecule has 0 aromatic heterocycles. The van der Waals surface area contributed by atoms with Gasteiger partial charge in [0.1, 0.15) is 5.75 Å². The number of likely N-dealkylation sites (tertiary alicyclic amines) is 1. The van der Waals surface area contributed by atoms with E-state index in [0.717, 1.165) is 54.3 Å². The fraction of sp³-hybridized carbons (Fsp3) is 0.381. The number of carbonyl (C=O) groups excluding carboxylic acids is 1. The van der Waals surface area contributed by atoms with E-state index in [0.29, 0.717) is 6.42 Å².